The third-order valence-corrected chi connectivity index (χ3v) is 3.41. The lowest BCUT2D eigenvalue weighted by molar-refractivity contribution is 0.652. The quantitative estimate of drug-likeness (QED) is 0.886. The molecule has 0 fully saturated rings. The van der Waals surface area contributed by atoms with E-state index in [4.69, 9.17) is 0 Å². The molecule has 0 saturated heterocycles. The highest BCUT2D eigenvalue weighted by atomic mass is 15.1. The Bertz CT molecular complexity index is 546. The average Bonchev–Trinajstić information content (AvgIpc) is 2.88. The van der Waals surface area contributed by atoms with Crippen molar-refractivity contribution in [1.82, 2.24) is 5.32 Å². The van der Waals surface area contributed by atoms with E-state index in [2.05, 4.69) is 64.9 Å². The van der Waals surface area contributed by atoms with Gasteiger partial charge in [-0.1, -0.05) is 60.7 Å². The number of aliphatic imine (C=N–C) groups is 1. The number of hydrogen-bond acceptors (Lipinski definition) is 2. The van der Waals surface area contributed by atoms with Crippen LogP contribution in [-0.4, -0.2) is 18.4 Å². The van der Waals surface area contributed by atoms with E-state index in [-0.39, 0.29) is 0 Å². The molecule has 19 heavy (non-hydrogen) atoms. The second kappa shape index (κ2) is 5.70. The predicted octanol–water partition coefficient (Wildman–Crippen LogP) is 2.84. The molecular weight excluding hydrogens is 232 g/mol. The Morgan fingerprint density at radius 3 is 2.21 bits per heavy atom. The van der Waals surface area contributed by atoms with E-state index in [1.165, 1.54) is 11.1 Å². The molecule has 1 unspecified atom stereocenters. The Kier molecular flexibility index (Phi) is 3.59. The van der Waals surface area contributed by atoms with Gasteiger partial charge in [0.15, 0.2) is 0 Å². The number of amidine groups is 1. The smallest absolute Gasteiger partial charge is 0.101 e. The molecule has 2 aromatic rings. The van der Waals surface area contributed by atoms with Gasteiger partial charge >= 0.3 is 0 Å². The van der Waals surface area contributed by atoms with Gasteiger partial charge < -0.3 is 5.32 Å². The number of nitrogens with zero attached hydrogens (tertiary/aromatic N) is 1. The molecule has 1 aliphatic heterocycles. The van der Waals surface area contributed by atoms with Crippen LogP contribution in [0.1, 0.15) is 11.1 Å². The molecule has 0 bridgehead atoms. The standard InChI is InChI=1S/C17H18N2/c1-3-7-14(8-4-1)11-16-13-18-17(19-16)12-15-9-5-2-6-10-15/h1-10,16H,11-13H2,(H,18,19). The van der Waals surface area contributed by atoms with Crippen molar-refractivity contribution >= 4 is 5.84 Å². The summed E-state index contributed by atoms with van der Waals surface area (Å²) in [4.78, 5) is 4.61. The fraction of sp³-hybridized carbons (Fsp3) is 0.235. The van der Waals surface area contributed by atoms with Crippen molar-refractivity contribution in [3.8, 4) is 0 Å². The molecule has 1 aliphatic rings. The van der Waals surface area contributed by atoms with Crippen molar-refractivity contribution in [3.05, 3.63) is 71.8 Å². The van der Waals surface area contributed by atoms with E-state index >= 15 is 0 Å². The molecule has 0 amide bonds. The van der Waals surface area contributed by atoms with Crippen LogP contribution in [0.4, 0.5) is 0 Å². The van der Waals surface area contributed by atoms with Crippen LogP contribution in [0.25, 0.3) is 0 Å². The zero-order valence-corrected chi connectivity index (χ0v) is 10.9. The second-order valence-corrected chi connectivity index (χ2v) is 4.98. The van der Waals surface area contributed by atoms with Crippen LogP contribution in [0.3, 0.4) is 0 Å². The lowest BCUT2D eigenvalue weighted by Crippen LogP contribution is -2.32. The maximum Gasteiger partial charge on any atom is 0.101 e. The van der Waals surface area contributed by atoms with E-state index < -0.39 is 0 Å². The van der Waals surface area contributed by atoms with Gasteiger partial charge in [-0.3, -0.25) is 4.99 Å². The SMILES string of the molecule is c1ccc(CC2=NCC(Cc3ccccc3)N2)cc1. The molecular formula is C17H18N2. The van der Waals surface area contributed by atoms with Crippen molar-refractivity contribution in [2.75, 3.05) is 6.54 Å². The zero-order valence-electron chi connectivity index (χ0n) is 10.9. The highest BCUT2D eigenvalue weighted by Crippen LogP contribution is 2.09. The van der Waals surface area contributed by atoms with Gasteiger partial charge in [-0.15, -0.1) is 0 Å². The van der Waals surface area contributed by atoms with Crippen molar-refractivity contribution in [2.45, 2.75) is 18.9 Å². The molecule has 0 radical (unpaired) electrons. The number of rotatable bonds is 4. The summed E-state index contributed by atoms with van der Waals surface area (Å²) in [5, 5.41) is 3.54. The van der Waals surface area contributed by atoms with Gasteiger partial charge in [0.2, 0.25) is 0 Å². The lowest BCUT2D eigenvalue weighted by Gasteiger charge is -2.12. The second-order valence-electron chi connectivity index (χ2n) is 4.98. The Balaban J connectivity index is 1.55. The van der Waals surface area contributed by atoms with E-state index in [0.717, 1.165) is 25.2 Å². The van der Waals surface area contributed by atoms with Crippen molar-refractivity contribution in [1.29, 1.82) is 0 Å². The van der Waals surface area contributed by atoms with Crippen LogP contribution in [0, 0.1) is 0 Å². The van der Waals surface area contributed by atoms with E-state index in [1.807, 2.05) is 6.07 Å². The normalized spacial score (nSPS) is 17.9. The van der Waals surface area contributed by atoms with E-state index in [9.17, 15) is 0 Å². The monoisotopic (exact) mass is 250 g/mol. The first kappa shape index (κ1) is 12.0. The number of hydrogen-bond donors (Lipinski definition) is 1. The Hall–Kier alpha value is -2.09. The van der Waals surface area contributed by atoms with Gasteiger partial charge in [-0.25, -0.2) is 0 Å². The lowest BCUT2D eigenvalue weighted by atomic mass is 10.1. The maximum atomic E-state index is 4.61. The molecule has 1 heterocycles. The van der Waals surface area contributed by atoms with Crippen molar-refractivity contribution < 1.29 is 0 Å². The Morgan fingerprint density at radius 2 is 1.53 bits per heavy atom. The molecule has 96 valence electrons. The molecule has 0 spiro atoms. The topological polar surface area (TPSA) is 24.4 Å². The molecule has 2 nitrogen and oxygen atoms in total. The van der Waals surface area contributed by atoms with Gasteiger partial charge in [0, 0.05) is 6.42 Å². The van der Waals surface area contributed by atoms with Crippen LogP contribution in [0.15, 0.2) is 65.7 Å². The molecule has 0 aromatic heterocycles. The van der Waals surface area contributed by atoms with E-state index in [0.29, 0.717) is 6.04 Å². The summed E-state index contributed by atoms with van der Waals surface area (Å²) in [6.07, 6.45) is 1.95. The summed E-state index contributed by atoms with van der Waals surface area (Å²) in [6, 6.07) is 21.5. The van der Waals surface area contributed by atoms with Gasteiger partial charge in [-0.2, -0.15) is 0 Å². The van der Waals surface area contributed by atoms with Gasteiger partial charge in [0.05, 0.1) is 12.6 Å². The fourth-order valence-electron chi connectivity index (χ4n) is 2.46. The van der Waals surface area contributed by atoms with Crippen LogP contribution in [-0.2, 0) is 12.8 Å². The minimum atomic E-state index is 0.445. The van der Waals surface area contributed by atoms with E-state index in [1.54, 1.807) is 0 Å². The van der Waals surface area contributed by atoms with Gasteiger partial charge in [0.25, 0.3) is 0 Å². The molecule has 1 atom stereocenters. The molecule has 0 saturated carbocycles. The maximum absolute atomic E-state index is 4.61. The molecule has 2 aromatic carbocycles. The highest BCUT2D eigenvalue weighted by Gasteiger charge is 2.17. The highest BCUT2D eigenvalue weighted by molar-refractivity contribution is 5.86. The average molecular weight is 250 g/mol. The first-order valence-electron chi connectivity index (χ1n) is 6.78. The largest absolute Gasteiger partial charge is 0.369 e. The van der Waals surface area contributed by atoms with Crippen molar-refractivity contribution in [3.63, 3.8) is 0 Å². The predicted molar refractivity (Wildman–Crippen MR) is 79.5 cm³/mol. The number of nitrogens with one attached hydrogen (secondary N) is 1. The molecule has 3 rings (SSSR count). The third kappa shape index (κ3) is 3.22. The summed E-state index contributed by atoms with van der Waals surface area (Å²) in [6.45, 7) is 0.886. The zero-order chi connectivity index (χ0) is 12.9. The minimum absolute atomic E-state index is 0.445. The summed E-state index contributed by atoms with van der Waals surface area (Å²) >= 11 is 0. The van der Waals surface area contributed by atoms with Crippen LogP contribution >= 0.6 is 0 Å². The van der Waals surface area contributed by atoms with Crippen molar-refractivity contribution in [2.24, 2.45) is 4.99 Å². The third-order valence-electron chi connectivity index (χ3n) is 3.41. The van der Waals surface area contributed by atoms with Gasteiger partial charge in [-0.05, 0) is 17.5 Å². The number of benzene rings is 2. The fourth-order valence-corrected chi connectivity index (χ4v) is 2.46. The molecule has 0 aliphatic carbocycles. The first-order chi connectivity index (χ1) is 9.40. The van der Waals surface area contributed by atoms with Crippen LogP contribution in [0.2, 0.25) is 0 Å². The molecule has 1 N–H and O–H groups in total. The molecule has 2 heteroatoms. The Morgan fingerprint density at radius 1 is 0.895 bits per heavy atom. The first-order valence-corrected chi connectivity index (χ1v) is 6.78. The summed E-state index contributed by atoms with van der Waals surface area (Å²) in [7, 11) is 0. The minimum Gasteiger partial charge on any atom is -0.369 e. The van der Waals surface area contributed by atoms with Crippen LogP contribution in [0.5, 0.6) is 0 Å². The summed E-state index contributed by atoms with van der Waals surface area (Å²) in [5.41, 5.74) is 2.69. The summed E-state index contributed by atoms with van der Waals surface area (Å²) in [5.74, 6) is 1.12. The Labute approximate surface area is 114 Å². The van der Waals surface area contributed by atoms with Crippen LogP contribution < -0.4 is 5.32 Å². The van der Waals surface area contributed by atoms with Gasteiger partial charge in [0.1, 0.15) is 5.84 Å². The summed E-state index contributed by atoms with van der Waals surface area (Å²) < 4.78 is 0.